The number of halogens is 1. The number of anilines is 1. The summed E-state index contributed by atoms with van der Waals surface area (Å²) in [7, 11) is 0. The molecule has 0 aromatic heterocycles. The molecule has 4 heteroatoms. The van der Waals surface area contributed by atoms with Crippen LogP contribution in [0.3, 0.4) is 0 Å². The molecular formula is C15H12ClNO2. The number of amides is 1. The first kappa shape index (κ1) is 12.1. The number of carbonyl (C=O) groups is 1. The molecule has 0 saturated heterocycles. The van der Waals surface area contributed by atoms with E-state index in [4.69, 9.17) is 16.3 Å². The van der Waals surface area contributed by atoms with Crippen LogP contribution in [0.4, 0.5) is 5.69 Å². The van der Waals surface area contributed by atoms with Crippen LogP contribution in [0.5, 0.6) is 5.75 Å². The minimum Gasteiger partial charge on any atom is -0.482 e. The summed E-state index contributed by atoms with van der Waals surface area (Å²) in [6, 6.07) is 15.2. The largest absolute Gasteiger partial charge is 0.482 e. The molecule has 0 spiro atoms. The number of hydrogen-bond acceptors (Lipinski definition) is 2. The van der Waals surface area contributed by atoms with Crippen molar-refractivity contribution in [3.8, 4) is 5.75 Å². The lowest BCUT2D eigenvalue weighted by Crippen LogP contribution is -2.38. The Balaban J connectivity index is 1.97. The number of benzene rings is 2. The average Bonchev–Trinajstić information content (AvgIpc) is 2.43. The van der Waals surface area contributed by atoms with Crippen LogP contribution in [0.2, 0.25) is 5.02 Å². The van der Waals surface area contributed by atoms with Crippen molar-refractivity contribution in [1.82, 2.24) is 0 Å². The molecule has 1 amide bonds. The predicted molar refractivity (Wildman–Crippen MR) is 74.6 cm³/mol. The molecule has 0 N–H and O–H groups in total. The fourth-order valence-corrected chi connectivity index (χ4v) is 2.28. The molecule has 0 fully saturated rings. The average molecular weight is 274 g/mol. The third-order valence-electron chi connectivity index (χ3n) is 3.05. The predicted octanol–water partition coefficient (Wildman–Crippen LogP) is 3.27. The van der Waals surface area contributed by atoms with Gasteiger partial charge in [-0.05, 0) is 23.8 Å². The topological polar surface area (TPSA) is 29.5 Å². The van der Waals surface area contributed by atoms with Crippen molar-refractivity contribution < 1.29 is 9.53 Å². The summed E-state index contributed by atoms with van der Waals surface area (Å²) < 4.78 is 5.41. The van der Waals surface area contributed by atoms with Crippen LogP contribution in [0, 0.1) is 0 Å². The zero-order valence-electron chi connectivity index (χ0n) is 10.2. The SMILES string of the molecule is O=C1COc2ccc(Cl)cc2N1Cc1ccccc1. The van der Waals surface area contributed by atoms with Gasteiger partial charge in [-0.15, -0.1) is 0 Å². The highest BCUT2D eigenvalue weighted by Crippen LogP contribution is 2.35. The summed E-state index contributed by atoms with van der Waals surface area (Å²) in [6.45, 7) is 0.595. The number of rotatable bonds is 2. The zero-order valence-corrected chi connectivity index (χ0v) is 10.9. The standard InChI is InChI=1S/C15H12ClNO2/c16-12-6-7-14-13(8-12)17(15(18)10-19-14)9-11-4-2-1-3-5-11/h1-8H,9-10H2. The molecule has 0 radical (unpaired) electrons. The summed E-state index contributed by atoms with van der Waals surface area (Å²) in [5.74, 6) is 0.638. The van der Waals surface area contributed by atoms with E-state index < -0.39 is 0 Å². The highest BCUT2D eigenvalue weighted by molar-refractivity contribution is 6.31. The Morgan fingerprint density at radius 3 is 2.74 bits per heavy atom. The van der Waals surface area contributed by atoms with Crippen molar-refractivity contribution in [2.75, 3.05) is 11.5 Å². The van der Waals surface area contributed by atoms with Gasteiger partial charge in [-0.1, -0.05) is 41.9 Å². The minimum atomic E-state index is -0.0568. The molecule has 3 rings (SSSR count). The number of ether oxygens (including phenoxy) is 1. The Bertz CT molecular complexity index is 613. The molecule has 3 nitrogen and oxygen atoms in total. The van der Waals surface area contributed by atoms with Crippen LogP contribution in [-0.2, 0) is 11.3 Å². The van der Waals surface area contributed by atoms with Gasteiger partial charge < -0.3 is 9.64 Å². The van der Waals surface area contributed by atoms with Gasteiger partial charge in [0.2, 0.25) is 0 Å². The second kappa shape index (κ2) is 4.94. The van der Waals surface area contributed by atoms with Crippen LogP contribution < -0.4 is 9.64 Å². The van der Waals surface area contributed by atoms with E-state index in [9.17, 15) is 4.79 Å². The summed E-state index contributed by atoms with van der Waals surface area (Å²) in [6.07, 6.45) is 0. The van der Waals surface area contributed by atoms with E-state index in [2.05, 4.69) is 0 Å². The lowest BCUT2D eigenvalue weighted by molar-refractivity contribution is -0.121. The van der Waals surface area contributed by atoms with Gasteiger partial charge in [-0.2, -0.15) is 0 Å². The van der Waals surface area contributed by atoms with E-state index >= 15 is 0 Å². The van der Waals surface area contributed by atoms with E-state index in [-0.39, 0.29) is 12.5 Å². The van der Waals surface area contributed by atoms with Gasteiger partial charge in [0.25, 0.3) is 5.91 Å². The fraction of sp³-hybridized carbons (Fsp3) is 0.133. The van der Waals surface area contributed by atoms with Gasteiger partial charge in [0.05, 0.1) is 12.2 Å². The van der Waals surface area contributed by atoms with Crippen LogP contribution in [0.15, 0.2) is 48.5 Å². The normalized spacial score (nSPS) is 13.9. The quantitative estimate of drug-likeness (QED) is 0.840. The first-order valence-corrected chi connectivity index (χ1v) is 6.38. The van der Waals surface area contributed by atoms with Crippen molar-refractivity contribution in [3.63, 3.8) is 0 Å². The molecule has 0 atom stereocenters. The Hall–Kier alpha value is -2.00. The third-order valence-corrected chi connectivity index (χ3v) is 3.28. The molecule has 1 aliphatic heterocycles. The maximum Gasteiger partial charge on any atom is 0.265 e. The molecular weight excluding hydrogens is 262 g/mol. The summed E-state index contributed by atoms with van der Waals surface area (Å²) in [5.41, 5.74) is 1.80. The zero-order chi connectivity index (χ0) is 13.2. The van der Waals surface area contributed by atoms with Crippen molar-refractivity contribution in [1.29, 1.82) is 0 Å². The summed E-state index contributed by atoms with van der Waals surface area (Å²) >= 11 is 6.00. The lowest BCUT2D eigenvalue weighted by atomic mass is 10.1. The number of fused-ring (bicyclic) bond motifs is 1. The first-order valence-electron chi connectivity index (χ1n) is 6.01. The molecule has 19 heavy (non-hydrogen) atoms. The van der Waals surface area contributed by atoms with Crippen molar-refractivity contribution >= 4 is 23.2 Å². The maximum absolute atomic E-state index is 12.0. The third kappa shape index (κ3) is 2.42. The Kier molecular flexibility index (Phi) is 3.13. The second-order valence-electron chi connectivity index (χ2n) is 4.37. The second-order valence-corrected chi connectivity index (χ2v) is 4.80. The van der Waals surface area contributed by atoms with Gasteiger partial charge in [0.15, 0.2) is 6.61 Å². The lowest BCUT2D eigenvalue weighted by Gasteiger charge is -2.29. The number of carbonyl (C=O) groups excluding carboxylic acids is 1. The van der Waals surface area contributed by atoms with Gasteiger partial charge in [0.1, 0.15) is 5.75 Å². The Morgan fingerprint density at radius 2 is 1.95 bits per heavy atom. The number of hydrogen-bond donors (Lipinski definition) is 0. The molecule has 0 unspecified atom stereocenters. The molecule has 96 valence electrons. The van der Waals surface area contributed by atoms with Gasteiger partial charge >= 0.3 is 0 Å². The monoisotopic (exact) mass is 273 g/mol. The smallest absolute Gasteiger partial charge is 0.265 e. The van der Waals surface area contributed by atoms with Crippen LogP contribution in [-0.4, -0.2) is 12.5 Å². The van der Waals surface area contributed by atoms with E-state index in [1.54, 1.807) is 23.1 Å². The van der Waals surface area contributed by atoms with Gasteiger partial charge in [-0.3, -0.25) is 4.79 Å². The molecule has 2 aromatic rings. The minimum absolute atomic E-state index is 0.0568. The Labute approximate surface area is 116 Å². The molecule has 0 aliphatic carbocycles. The first-order chi connectivity index (χ1) is 9.24. The molecule has 0 saturated carbocycles. The van der Waals surface area contributed by atoms with E-state index in [1.807, 2.05) is 30.3 Å². The highest BCUT2D eigenvalue weighted by atomic mass is 35.5. The highest BCUT2D eigenvalue weighted by Gasteiger charge is 2.25. The van der Waals surface area contributed by atoms with Crippen molar-refractivity contribution in [2.24, 2.45) is 0 Å². The fourth-order valence-electron chi connectivity index (χ4n) is 2.11. The van der Waals surface area contributed by atoms with E-state index in [1.165, 1.54) is 0 Å². The van der Waals surface area contributed by atoms with E-state index in [0.29, 0.717) is 17.3 Å². The van der Waals surface area contributed by atoms with Crippen LogP contribution in [0.1, 0.15) is 5.56 Å². The van der Waals surface area contributed by atoms with E-state index in [0.717, 1.165) is 11.3 Å². The summed E-state index contributed by atoms with van der Waals surface area (Å²) in [5, 5.41) is 0.593. The molecule has 1 heterocycles. The maximum atomic E-state index is 12.0. The summed E-state index contributed by atoms with van der Waals surface area (Å²) in [4.78, 5) is 13.7. The van der Waals surface area contributed by atoms with Gasteiger partial charge in [-0.25, -0.2) is 0 Å². The molecule has 0 bridgehead atoms. The molecule has 2 aromatic carbocycles. The van der Waals surface area contributed by atoms with Crippen molar-refractivity contribution in [3.05, 3.63) is 59.1 Å². The van der Waals surface area contributed by atoms with Crippen LogP contribution in [0.25, 0.3) is 0 Å². The van der Waals surface area contributed by atoms with Crippen LogP contribution >= 0.6 is 11.6 Å². The Morgan fingerprint density at radius 1 is 1.16 bits per heavy atom. The van der Waals surface area contributed by atoms with Gasteiger partial charge in [0, 0.05) is 5.02 Å². The van der Waals surface area contributed by atoms with Crippen molar-refractivity contribution in [2.45, 2.75) is 6.54 Å². The number of nitrogens with zero attached hydrogens (tertiary/aromatic N) is 1. The molecule has 1 aliphatic rings.